The fourth-order valence-corrected chi connectivity index (χ4v) is 1.72. The molecule has 14 heavy (non-hydrogen) atoms. The van der Waals surface area contributed by atoms with Crippen LogP contribution in [0.5, 0.6) is 0 Å². The van der Waals surface area contributed by atoms with Crippen LogP contribution in [-0.4, -0.2) is 11.0 Å². The summed E-state index contributed by atoms with van der Waals surface area (Å²) >= 11 is 5.98. The average molecular weight is 210 g/mol. The maximum atomic E-state index is 5.98. The van der Waals surface area contributed by atoms with Crippen LogP contribution < -0.4 is 11.1 Å². The molecule has 0 spiro atoms. The minimum absolute atomic E-state index is 0.420. The van der Waals surface area contributed by atoms with E-state index in [1.165, 1.54) is 0 Å². The van der Waals surface area contributed by atoms with E-state index in [0.29, 0.717) is 16.8 Å². The minimum Gasteiger partial charge on any atom is -0.397 e. The summed E-state index contributed by atoms with van der Waals surface area (Å²) in [6.45, 7) is 0. The number of nitrogens with zero attached hydrogens (tertiary/aromatic N) is 1. The van der Waals surface area contributed by atoms with E-state index in [-0.39, 0.29) is 0 Å². The van der Waals surface area contributed by atoms with Crippen molar-refractivity contribution in [3.05, 3.63) is 29.4 Å². The molecule has 0 atom stereocenters. The summed E-state index contributed by atoms with van der Waals surface area (Å²) in [4.78, 5) is 4.15. The molecule has 4 heteroatoms. The van der Waals surface area contributed by atoms with Crippen LogP contribution in [0.4, 0.5) is 11.5 Å². The van der Waals surface area contributed by atoms with Crippen molar-refractivity contribution in [2.75, 3.05) is 11.1 Å². The molecule has 1 aliphatic carbocycles. The fraction of sp³-hybridized carbons (Fsp3) is 0.300. The smallest absolute Gasteiger partial charge is 0.145 e. The van der Waals surface area contributed by atoms with Crippen LogP contribution in [-0.2, 0) is 0 Å². The van der Waals surface area contributed by atoms with E-state index in [1.54, 1.807) is 12.3 Å². The van der Waals surface area contributed by atoms with Gasteiger partial charge in [0.15, 0.2) is 0 Å². The van der Waals surface area contributed by atoms with Crippen LogP contribution >= 0.6 is 11.6 Å². The van der Waals surface area contributed by atoms with E-state index in [9.17, 15) is 0 Å². The zero-order chi connectivity index (χ0) is 9.97. The molecule has 0 saturated carbocycles. The number of hydrogen-bond donors (Lipinski definition) is 2. The highest BCUT2D eigenvalue weighted by molar-refractivity contribution is 6.33. The van der Waals surface area contributed by atoms with Crippen LogP contribution in [0, 0.1) is 0 Å². The summed E-state index contributed by atoms with van der Waals surface area (Å²) in [6.07, 6.45) is 7.98. The van der Waals surface area contributed by atoms with Gasteiger partial charge in [0, 0.05) is 6.04 Å². The van der Waals surface area contributed by atoms with Crippen molar-refractivity contribution >= 4 is 23.1 Å². The second-order valence-electron chi connectivity index (χ2n) is 3.38. The molecule has 0 aliphatic heterocycles. The van der Waals surface area contributed by atoms with Gasteiger partial charge in [-0.3, -0.25) is 0 Å². The maximum absolute atomic E-state index is 5.98. The molecule has 0 fully saturated rings. The lowest BCUT2D eigenvalue weighted by atomic mass is 10.2. The highest BCUT2D eigenvalue weighted by atomic mass is 35.5. The number of pyridine rings is 1. The molecule has 0 saturated heterocycles. The van der Waals surface area contributed by atoms with E-state index in [4.69, 9.17) is 17.3 Å². The normalized spacial score (nSPS) is 16.1. The van der Waals surface area contributed by atoms with Crippen molar-refractivity contribution in [1.82, 2.24) is 4.98 Å². The topological polar surface area (TPSA) is 50.9 Å². The van der Waals surface area contributed by atoms with E-state index in [0.717, 1.165) is 18.7 Å². The molecular weight excluding hydrogens is 198 g/mol. The van der Waals surface area contributed by atoms with Crippen molar-refractivity contribution in [1.29, 1.82) is 0 Å². The average Bonchev–Trinajstić information content (AvgIpc) is 2.62. The second kappa shape index (κ2) is 3.88. The van der Waals surface area contributed by atoms with Gasteiger partial charge in [-0.1, -0.05) is 23.8 Å². The first-order chi connectivity index (χ1) is 6.75. The van der Waals surface area contributed by atoms with Gasteiger partial charge in [-0.05, 0) is 18.9 Å². The Kier molecular flexibility index (Phi) is 2.59. The van der Waals surface area contributed by atoms with E-state index >= 15 is 0 Å². The molecule has 3 nitrogen and oxygen atoms in total. The molecule has 1 aromatic rings. The highest BCUT2D eigenvalue weighted by Crippen LogP contribution is 2.24. The second-order valence-corrected chi connectivity index (χ2v) is 3.79. The summed E-state index contributed by atoms with van der Waals surface area (Å²) < 4.78 is 0. The SMILES string of the molecule is Nc1cnc(NC2CC=CC2)c(Cl)c1. The number of rotatable bonds is 2. The van der Waals surface area contributed by atoms with Crippen molar-refractivity contribution in [2.45, 2.75) is 18.9 Å². The van der Waals surface area contributed by atoms with E-state index in [1.807, 2.05) is 0 Å². The third kappa shape index (κ3) is 1.99. The Morgan fingerprint density at radius 2 is 2.14 bits per heavy atom. The third-order valence-corrected chi connectivity index (χ3v) is 2.50. The van der Waals surface area contributed by atoms with Crippen molar-refractivity contribution in [3.63, 3.8) is 0 Å². The Balaban J connectivity index is 2.08. The Morgan fingerprint density at radius 1 is 1.43 bits per heavy atom. The standard InChI is InChI=1S/C10H12ClN3/c11-9-5-7(12)6-13-10(9)14-8-3-1-2-4-8/h1-2,5-6,8H,3-4,12H2,(H,13,14). The van der Waals surface area contributed by atoms with Crippen LogP contribution in [0.15, 0.2) is 24.4 Å². The van der Waals surface area contributed by atoms with Crippen LogP contribution in [0.25, 0.3) is 0 Å². The number of hydrogen-bond acceptors (Lipinski definition) is 3. The summed E-state index contributed by atoms with van der Waals surface area (Å²) in [7, 11) is 0. The quantitative estimate of drug-likeness (QED) is 0.736. The van der Waals surface area contributed by atoms with E-state index in [2.05, 4.69) is 22.5 Å². The lowest BCUT2D eigenvalue weighted by Crippen LogP contribution is -2.16. The van der Waals surface area contributed by atoms with Gasteiger partial charge in [-0.15, -0.1) is 0 Å². The van der Waals surface area contributed by atoms with Gasteiger partial charge in [0.1, 0.15) is 5.82 Å². The summed E-state index contributed by atoms with van der Waals surface area (Å²) in [6, 6.07) is 2.13. The summed E-state index contributed by atoms with van der Waals surface area (Å²) in [5.41, 5.74) is 6.14. The molecule has 0 radical (unpaired) electrons. The third-order valence-electron chi connectivity index (χ3n) is 2.21. The van der Waals surface area contributed by atoms with Crippen LogP contribution in [0.1, 0.15) is 12.8 Å². The fourth-order valence-electron chi connectivity index (χ4n) is 1.49. The Labute approximate surface area is 88.0 Å². The van der Waals surface area contributed by atoms with Gasteiger partial charge < -0.3 is 11.1 Å². The zero-order valence-corrected chi connectivity index (χ0v) is 8.46. The summed E-state index contributed by atoms with van der Waals surface area (Å²) in [5.74, 6) is 0.717. The molecule has 1 aromatic heterocycles. The van der Waals surface area contributed by atoms with Crippen molar-refractivity contribution in [2.24, 2.45) is 0 Å². The lowest BCUT2D eigenvalue weighted by molar-refractivity contribution is 0.781. The van der Waals surface area contributed by atoms with Gasteiger partial charge in [-0.2, -0.15) is 0 Å². The molecule has 3 N–H and O–H groups in total. The first-order valence-corrected chi connectivity index (χ1v) is 4.96. The molecule has 2 rings (SSSR count). The van der Waals surface area contributed by atoms with E-state index < -0.39 is 0 Å². The predicted molar refractivity (Wildman–Crippen MR) is 59.4 cm³/mol. The van der Waals surface area contributed by atoms with Gasteiger partial charge in [0.25, 0.3) is 0 Å². The first kappa shape index (κ1) is 9.34. The molecule has 1 heterocycles. The number of halogens is 1. The lowest BCUT2D eigenvalue weighted by Gasteiger charge is -2.13. The monoisotopic (exact) mass is 209 g/mol. The highest BCUT2D eigenvalue weighted by Gasteiger charge is 2.12. The van der Waals surface area contributed by atoms with Crippen molar-refractivity contribution in [3.8, 4) is 0 Å². The first-order valence-electron chi connectivity index (χ1n) is 4.58. The zero-order valence-electron chi connectivity index (χ0n) is 7.70. The number of nitrogens with one attached hydrogen (secondary N) is 1. The number of nitrogens with two attached hydrogens (primary N) is 1. The Hall–Kier alpha value is -1.22. The molecule has 74 valence electrons. The molecule has 0 aromatic carbocycles. The van der Waals surface area contributed by atoms with Gasteiger partial charge >= 0.3 is 0 Å². The van der Waals surface area contributed by atoms with Gasteiger partial charge in [0.2, 0.25) is 0 Å². The number of anilines is 2. The summed E-state index contributed by atoms with van der Waals surface area (Å²) in [5, 5.41) is 3.86. The molecule has 1 aliphatic rings. The van der Waals surface area contributed by atoms with Crippen molar-refractivity contribution < 1.29 is 0 Å². The molecular formula is C10H12ClN3. The number of nitrogen functional groups attached to an aromatic ring is 1. The minimum atomic E-state index is 0.420. The van der Waals surface area contributed by atoms with Crippen LogP contribution in [0.3, 0.4) is 0 Å². The number of aromatic nitrogens is 1. The molecule has 0 amide bonds. The molecule has 0 bridgehead atoms. The largest absolute Gasteiger partial charge is 0.397 e. The maximum Gasteiger partial charge on any atom is 0.145 e. The van der Waals surface area contributed by atoms with Gasteiger partial charge in [-0.25, -0.2) is 4.98 Å². The predicted octanol–water partition coefficient (Wildman–Crippen LogP) is 2.45. The Bertz CT molecular complexity index is 354. The van der Waals surface area contributed by atoms with Gasteiger partial charge in [0.05, 0.1) is 16.9 Å². The Morgan fingerprint density at radius 3 is 2.79 bits per heavy atom. The van der Waals surface area contributed by atoms with Crippen LogP contribution in [0.2, 0.25) is 5.02 Å². The molecule has 0 unspecified atom stereocenters.